The minimum absolute atomic E-state index is 0.222. The molecule has 5 nitrogen and oxygen atoms in total. The zero-order valence-corrected chi connectivity index (χ0v) is 8.92. The second-order valence-corrected chi connectivity index (χ2v) is 5.88. The molecule has 0 spiro atoms. The van der Waals surface area contributed by atoms with Crippen LogP contribution in [0.5, 0.6) is 0 Å². The molecule has 1 atom stereocenters. The number of morpholine rings is 1. The highest BCUT2D eigenvalue weighted by molar-refractivity contribution is 7.89. The summed E-state index contributed by atoms with van der Waals surface area (Å²) < 4.78 is 30.7. The molecule has 14 heavy (non-hydrogen) atoms. The zero-order valence-electron chi connectivity index (χ0n) is 8.11. The van der Waals surface area contributed by atoms with E-state index in [1.807, 2.05) is 0 Å². The predicted octanol–water partition coefficient (Wildman–Crippen LogP) is -0.990. The van der Waals surface area contributed by atoms with E-state index in [0.29, 0.717) is 32.8 Å². The van der Waals surface area contributed by atoms with Crippen LogP contribution in [0.15, 0.2) is 0 Å². The Morgan fingerprint density at radius 1 is 1.29 bits per heavy atom. The third-order valence-electron chi connectivity index (χ3n) is 2.77. The molecule has 0 bridgehead atoms. The average Bonchev–Trinajstić information content (AvgIpc) is 2.72. The first-order valence-electron chi connectivity index (χ1n) is 4.99. The molecule has 6 heteroatoms. The molecule has 2 rings (SSSR count). The van der Waals surface area contributed by atoms with Crippen molar-refractivity contribution in [2.75, 3.05) is 39.4 Å². The third-order valence-corrected chi connectivity index (χ3v) is 5.10. The summed E-state index contributed by atoms with van der Waals surface area (Å²) in [5.74, 6) is 0. The molecule has 0 amide bonds. The van der Waals surface area contributed by atoms with E-state index < -0.39 is 10.0 Å². The maximum absolute atomic E-state index is 12.0. The van der Waals surface area contributed by atoms with Crippen LogP contribution in [0, 0.1) is 0 Å². The van der Waals surface area contributed by atoms with Crippen LogP contribution in [0.2, 0.25) is 0 Å². The fourth-order valence-electron chi connectivity index (χ4n) is 1.89. The Morgan fingerprint density at radius 3 is 2.57 bits per heavy atom. The quantitative estimate of drug-likeness (QED) is 0.649. The number of sulfonamides is 1. The van der Waals surface area contributed by atoms with Crippen molar-refractivity contribution in [3.8, 4) is 0 Å². The molecule has 0 aromatic heterocycles. The van der Waals surface area contributed by atoms with E-state index >= 15 is 0 Å². The lowest BCUT2D eigenvalue weighted by Crippen LogP contribution is -2.45. The van der Waals surface area contributed by atoms with Crippen LogP contribution in [0.4, 0.5) is 0 Å². The zero-order chi connectivity index (χ0) is 10.0. The predicted molar refractivity (Wildman–Crippen MR) is 52.6 cm³/mol. The Balaban J connectivity index is 2.05. The van der Waals surface area contributed by atoms with Crippen LogP contribution >= 0.6 is 0 Å². The Bertz CT molecular complexity index is 279. The Labute approximate surface area is 84.5 Å². The van der Waals surface area contributed by atoms with E-state index in [1.54, 1.807) is 4.31 Å². The minimum atomic E-state index is -3.07. The van der Waals surface area contributed by atoms with Gasteiger partial charge >= 0.3 is 0 Å². The molecule has 2 aliphatic rings. The molecule has 0 saturated carbocycles. The largest absolute Gasteiger partial charge is 0.379 e. The summed E-state index contributed by atoms with van der Waals surface area (Å²) >= 11 is 0. The van der Waals surface area contributed by atoms with Gasteiger partial charge in [0.05, 0.1) is 18.5 Å². The number of rotatable bonds is 2. The first-order chi connectivity index (χ1) is 6.71. The lowest BCUT2D eigenvalue weighted by atomic mass is 10.4. The molecule has 2 aliphatic heterocycles. The third kappa shape index (κ3) is 1.93. The Kier molecular flexibility index (Phi) is 3.06. The van der Waals surface area contributed by atoms with E-state index in [1.165, 1.54) is 0 Å². The van der Waals surface area contributed by atoms with Crippen molar-refractivity contribution in [3.05, 3.63) is 0 Å². The average molecular weight is 220 g/mol. The highest BCUT2D eigenvalue weighted by Crippen LogP contribution is 2.16. The van der Waals surface area contributed by atoms with E-state index in [4.69, 9.17) is 4.74 Å². The van der Waals surface area contributed by atoms with Gasteiger partial charge in [-0.15, -0.1) is 0 Å². The molecular weight excluding hydrogens is 204 g/mol. The van der Waals surface area contributed by atoms with Crippen LogP contribution in [-0.2, 0) is 14.8 Å². The van der Waals surface area contributed by atoms with Gasteiger partial charge in [-0.2, -0.15) is 4.31 Å². The number of hydrogen-bond acceptors (Lipinski definition) is 4. The van der Waals surface area contributed by atoms with Gasteiger partial charge in [-0.1, -0.05) is 0 Å². The molecule has 1 N–H and O–H groups in total. The Hall–Kier alpha value is -0.170. The summed E-state index contributed by atoms with van der Waals surface area (Å²) in [6, 6.07) is 0. The fourth-order valence-corrected chi connectivity index (χ4v) is 3.72. The monoisotopic (exact) mass is 220 g/mol. The highest BCUT2D eigenvalue weighted by Gasteiger charge is 2.34. The smallest absolute Gasteiger partial charge is 0.218 e. The summed E-state index contributed by atoms with van der Waals surface area (Å²) in [4.78, 5) is 0. The van der Waals surface area contributed by atoms with Crippen LogP contribution in [0.25, 0.3) is 0 Å². The second-order valence-electron chi connectivity index (χ2n) is 3.67. The number of hydrogen-bond donors (Lipinski definition) is 1. The van der Waals surface area contributed by atoms with Gasteiger partial charge in [0, 0.05) is 19.6 Å². The number of nitrogens with zero attached hydrogens (tertiary/aromatic N) is 1. The van der Waals surface area contributed by atoms with Crippen molar-refractivity contribution >= 4 is 10.0 Å². The summed E-state index contributed by atoms with van der Waals surface area (Å²) in [5.41, 5.74) is 0. The minimum Gasteiger partial charge on any atom is -0.379 e. The van der Waals surface area contributed by atoms with E-state index in [-0.39, 0.29) is 5.25 Å². The summed E-state index contributed by atoms with van der Waals surface area (Å²) in [6.07, 6.45) is 0.736. The van der Waals surface area contributed by atoms with Crippen molar-refractivity contribution in [1.29, 1.82) is 0 Å². The van der Waals surface area contributed by atoms with Gasteiger partial charge in [-0.25, -0.2) is 8.42 Å². The SMILES string of the molecule is O=S(=O)([C@@H]1CCNC1)N1CCOCC1. The molecule has 0 aromatic rings. The van der Waals surface area contributed by atoms with Crippen molar-refractivity contribution < 1.29 is 13.2 Å². The van der Waals surface area contributed by atoms with Gasteiger partial charge in [0.15, 0.2) is 0 Å². The lowest BCUT2D eigenvalue weighted by molar-refractivity contribution is 0.0726. The van der Waals surface area contributed by atoms with E-state index in [9.17, 15) is 8.42 Å². The first-order valence-corrected chi connectivity index (χ1v) is 6.49. The molecule has 0 radical (unpaired) electrons. The standard InChI is InChI=1S/C8H16N2O3S/c11-14(12,8-1-2-9-7-8)10-3-5-13-6-4-10/h8-9H,1-7H2/t8-/m1/s1. The maximum Gasteiger partial charge on any atom is 0.218 e. The van der Waals surface area contributed by atoms with Gasteiger partial charge in [-0.3, -0.25) is 0 Å². The summed E-state index contributed by atoms with van der Waals surface area (Å²) in [7, 11) is -3.07. The fraction of sp³-hybridized carbons (Fsp3) is 1.00. The normalized spacial score (nSPS) is 30.7. The topological polar surface area (TPSA) is 58.6 Å². The highest BCUT2D eigenvalue weighted by atomic mass is 32.2. The van der Waals surface area contributed by atoms with Gasteiger partial charge < -0.3 is 10.1 Å². The Morgan fingerprint density at radius 2 is 2.00 bits per heavy atom. The molecule has 2 fully saturated rings. The molecule has 0 unspecified atom stereocenters. The van der Waals surface area contributed by atoms with Gasteiger partial charge in [-0.05, 0) is 13.0 Å². The molecule has 0 aliphatic carbocycles. The van der Waals surface area contributed by atoms with Gasteiger partial charge in [0.2, 0.25) is 10.0 Å². The molecule has 82 valence electrons. The van der Waals surface area contributed by atoms with E-state index in [0.717, 1.165) is 13.0 Å². The summed E-state index contributed by atoms with van der Waals surface area (Å²) in [5, 5.41) is 2.86. The van der Waals surface area contributed by atoms with Crippen LogP contribution in [0.1, 0.15) is 6.42 Å². The summed E-state index contributed by atoms with van der Waals surface area (Å²) in [6.45, 7) is 3.49. The van der Waals surface area contributed by atoms with E-state index in [2.05, 4.69) is 5.32 Å². The van der Waals surface area contributed by atoms with Crippen molar-refractivity contribution in [1.82, 2.24) is 9.62 Å². The molecular formula is C8H16N2O3S. The second kappa shape index (κ2) is 4.14. The van der Waals surface area contributed by atoms with Gasteiger partial charge in [0.1, 0.15) is 0 Å². The van der Waals surface area contributed by atoms with Crippen LogP contribution in [0.3, 0.4) is 0 Å². The van der Waals surface area contributed by atoms with Gasteiger partial charge in [0.25, 0.3) is 0 Å². The number of nitrogens with one attached hydrogen (secondary N) is 1. The molecule has 2 saturated heterocycles. The molecule has 2 heterocycles. The lowest BCUT2D eigenvalue weighted by Gasteiger charge is -2.28. The van der Waals surface area contributed by atoms with Crippen LogP contribution < -0.4 is 5.32 Å². The van der Waals surface area contributed by atoms with Crippen molar-refractivity contribution in [2.24, 2.45) is 0 Å². The van der Waals surface area contributed by atoms with Crippen LogP contribution in [-0.4, -0.2) is 57.4 Å². The first kappa shape index (κ1) is 10.4. The molecule has 0 aromatic carbocycles. The van der Waals surface area contributed by atoms with Crippen molar-refractivity contribution in [3.63, 3.8) is 0 Å². The number of ether oxygens (including phenoxy) is 1. The maximum atomic E-state index is 12.0. The van der Waals surface area contributed by atoms with Crippen molar-refractivity contribution in [2.45, 2.75) is 11.7 Å².